The summed E-state index contributed by atoms with van der Waals surface area (Å²) in [5.74, 6) is -0.150. The topological polar surface area (TPSA) is 30.0 Å². The second-order valence-corrected chi connectivity index (χ2v) is 9.02. The number of likely N-dealkylation sites (tertiary alicyclic amines) is 1. The Bertz CT molecular complexity index is 759. The summed E-state index contributed by atoms with van der Waals surface area (Å²) in [7, 11) is 0. The van der Waals surface area contributed by atoms with Gasteiger partial charge in [-0.15, -0.1) is 11.3 Å². The van der Waals surface area contributed by atoms with Gasteiger partial charge in [0.15, 0.2) is 0 Å². The number of thiophene rings is 1. The number of nitrogens with zero attached hydrogens (tertiary/aromatic N) is 3. The molecule has 2 aromatic rings. The number of piperidine rings is 1. The Morgan fingerprint density at radius 2 is 1.85 bits per heavy atom. The normalized spacial score (nSPS) is 25.1. The maximum Gasteiger partial charge on any atom is 0.146 e. The van der Waals surface area contributed by atoms with Crippen LogP contribution < -0.4 is 4.90 Å². The molecule has 1 aromatic carbocycles. The molecule has 0 bridgehead atoms. The average molecular weight is 390 g/mol. The highest BCUT2D eigenvalue weighted by Gasteiger charge is 2.34. The first-order valence-electron chi connectivity index (χ1n) is 9.79. The number of benzene rings is 1. The molecule has 146 valence electrons. The molecule has 0 saturated carbocycles. The third kappa shape index (κ3) is 4.35. The fourth-order valence-corrected chi connectivity index (χ4v) is 5.28. The average Bonchev–Trinajstić information content (AvgIpc) is 3.07. The fourth-order valence-electron chi connectivity index (χ4n) is 4.35. The second kappa shape index (κ2) is 8.27. The van der Waals surface area contributed by atoms with Gasteiger partial charge in [0.2, 0.25) is 0 Å². The van der Waals surface area contributed by atoms with Crippen LogP contribution in [0, 0.1) is 12.7 Å². The number of piperazine rings is 1. The van der Waals surface area contributed by atoms with Crippen molar-refractivity contribution in [2.75, 3.05) is 44.2 Å². The molecule has 4 nitrogen and oxygen atoms in total. The van der Waals surface area contributed by atoms with E-state index >= 15 is 0 Å². The van der Waals surface area contributed by atoms with Gasteiger partial charge in [0.05, 0.1) is 11.8 Å². The number of para-hydroxylation sites is 1. The Labute approximate surface area is 164 Å². The largest absolute Gasteiger partial charge is 0.390 e. The Hall–Kier alpha value is -1.47. The molecule has 4 rings (SSSR count). The Morgan fingerprint density at radius 3 is 2.52 bits per heavy atom. The van der Waals surface area contributed by atoms with Crippen molar-refractivity contribution in [3.8, 4) is 0 Å². The van der Waals surface area contributed by atoms with Gasteiger partial charge in [-0.25, -0.2) is 4.39 Å². The summed E-state index contributed by atoms with van der Waals surface area (Å²) in [6.45, 7) is 8.19. The van der Waals surface area contributed by atoms with Crippen LogP contribution in [0.25, 0.3) is 0 Å². The lowest BCUT2D eigenvalue weighted by molar-refractivity contribution is -0.0169. The van der Waals surface area contributed by atoms with Crippen LogP contribution in [0.5, 0.6) is 0 Å². The first kappa shape index (κ1) is 18.9. The van der Waals surface area contributed by atoms with Gasteiger partial charge in [-0.2, -0.15) is 0 Å². The van der Waals surface area contributed by atoms with Gasteiger partial charge in [-0.1, -0.05) is 12.1 Å². The number of rotatable bonds is 4. The molecule has 3 heterocycles. The number of hydrogen-bond acceptors (Lipinski definition) is 5. The summed E-state index contributed by atoms with van der Waals surface area (Å²) in [5.41, 5.74) is 0.693. The van der Waals surface area contributed by atoms with Crippen LogP contribution in [-0.2, 0) is 6.54 Å². The standard InChI is InChI=1S/C21H28FN3OS/c1-16-6-7-17(27-16)14-23-9-8-20(21(26)15-23)25-12-10-24(11-13-25)19-5-3-2-4-18(19)22/h2-7,20-21,26H,8-15H2,1H3/t20-,21-/m0/s1. The van der Waals surface area contributed by atoms with Crippen LogP contribution in [0.3, 0.4) is 0 Å². The molecule has 0 amide bonds. The van der Waals surface area contributed by atoms with Gasteiger partial charge in [0.1, 0.15) is 5.82 Å². The quantitative estimate of drug-likeness (QED) is 0.871. The fraction of sp³-hybridized carbons (Fsp3) is 0.524. The van der Waals surface area contributed by atoms with Crippen molar-refractivity contribution in [2.45, 2.75) is 32.0 Å². The molecule has 0 spiro atoms. The molecule has 1 N–H and O–H groups in total. The zero-order chi connectivity index (χ0) is 18.8. The van der Waals surface area contributed by atoms with Gasteiger partial charge in [0.25, 0.3) is 0 Å². The molecule has 27 heavy (non-hydrogen) atoms. The number of hydrogen-bond donors (Lipinski definition) is 1. The molecule has 0 radical (unpaired) electrons. The van der Waals surface area contributed by atoms with Gasteiger partial charge in [-0.05, 0) is 37.6 Å². The predicted octanol–water partition coefficient (Wildman–Crippen LogP) is 2.95. The summed E-state index contributed by atoms with van der Waals surface area (Å²) < 4.78 is 14.0. The molecular formula is C21H28FN3OS. The Kier molecular flexibility index (Phi) is 5.78. The van der Waals surface area contributed by atoms with Crippen molar-refractivity contribution in [2.24, 2.45) is 0 Å². The van der Waals surface area contributed by atoms with Crippen molar-refractivity contribution in [3.63, 3.8) is 0 Å². The zero-order valence-corrected chi connectivity index (χ0v) is 16.7. The monoisotopic (exact) mass is 389 g/mol. The van der Waals surface area contributed by atoms with E-state index in [0.29, 0.717) is 5.69 Å². The molecule has 2 aliphatic heterocycles. The van der Waals surface area contributed by atoms with Crippen LogP contribution in [0.4, 0.5) is 10.1 Å². The van der Waals surface area contributed by atoms with E-state index < -0.39 is 0 Å². The van der Waals surface area contributed by atoms with E-state index in [2.05, 4.69) is 33.8 Å². The SMILES string of the molecule is Cc1ccc(CN2CC[C@H](N3CCN(c4ccccc4F)CC3)[C@@H](O)C2)s1. The molecule has 2 saturated heterocycles. The molecule has 2 aliphatic rings. The number of aliphatic hydroxyl groups excluding tert-OH is 1. The summed E-state index contributed by atoms with van der Waals surface area (Å²) in [6.07, 6.45) is 0.672. The number of aliphatic hydroxyl groups is 1. The van der Waals surface area contributed by atoms with Gasteiger partial charge in [0, 0.05) is 61.6 Å². The number of β-amino-alcohol motifs (C(OH)–C–C–N with tert-alkyl or cyclic N) is 1. The zero-order valence-electron chi connectivity index (χ0n) is 15.9. The summed E-state index contributed by atoms with van der Waals surface area (Å²) in [5, 5.41) is 10.7. The third-order valence-electron chi connectivity index (χ3n) is 5.78. The van der Waals surface area contributed by atoms with Gasteiger partial charge < -0.3 is 10.0 Å². The smallest absolute Gasteiger partial charge is 0.146 e. The van der Waals surface area contributed by atoms with Crippen LogP contribution in [-0.4, -0.2) is 66.3 Å². The van der Waals surface area contributed by atoms with Gasteiger partial charge >= 0.3 is 0 Å². The summed E-state index contributed by atoms with van der Waals surface area (Å²) in [4.78, 5) is 9.59. The number of aryl methyl sites for hydroxylation is 1. The lowest BCUT2D eigenvalue weighted by atomic mass is 9.99. The predicted molar refractivity (Wildman–Crippen MR) is 109 cm³/mol. The van der Waals surface area contributed by atoms with Crippen LogP contribution in [0.2, 0.25) is 0 Å². The summed E-state index contributed by atoms with van der Waals surface area (Å²) in [6, 6.07) is 11.6. The lowest BCUT2D eigenvalue weighted by Crippen LogP contribution is -2.58. The molecule has 0 unspecified atom stereocenters. The minimum absolute atomic E-state index is 0.150. The van der Waals surface area contributed by atoms with E-state index in [9.17, 15) is 9.50 Å². The van der Waals surface area contributed by atoms with Crippen LogP contribution >= 0.6 is 11.3 Å². The number of halogens is 1. The van der Waals surface area contributed by atoms with E-state index in [1.54, 1.807) is 6.07 Å². The van der Waals surface area contributed by atoms with E-state index in [1.807, 2.05) is 23.5 Å². The Balaban J connectivity index is 1.30. The van der Waals surface area contributed by atoms with Crippen LogP contribution in [0.1, 0.15) is 16.2 Å². The Morgan fingerprint density at radius 1 is 1.07 bits per heavy atom. The van der Waals surface area contributed by atoms with E-state index in [-0.39, 0.29) is 18.0 Å². The van der Waals surface area contributed by atoms with Crippen molar-refractivity contribution in [1.29, 1.82) is 0 Å². The molecule has 0 aliphatic carbocycles. The molecule has 2 atom stereocenters. The molecule has 2 fully saturated rings. The van der Waals surface area contributed by atoms with Crippen molar-refractivity contribution < 1.29 is 9.50 Å². The molecule has 6 heteroatoms. The highest BCUT2D eigenvalue weighted by molar-refractivity contribution is 7.11. The lowest BCUT2D eigenvalue weighted by Gasteiger charge is -2.45. The van der Waals surface area contributed by atoms with Crippen molar-refractivity contribution in [3.05, 3.63) is 52.0 Å². The maximum atomic E-state index is 14.0. The first-order valence-corrected chi connectivity index (χ1v) is 10.6. The van der Waals surface area contributed by atoms with Crippen LogP contribution in [0.15, 0.2) is 36.4 Å². The highest BCUT2D eigenvalue weighted by atomic mass is 32.1. The third-order valence-corrected chi connectivity index (χ3v) is 6.77. The highest BCUT2D eigenvalue weighted by Crippen LogP contribution is 2.25. The van der Waals surface area contributed by atoms with Crippen molar-refractivity contribution in [1.82, 2.24) is 9.80 Å². The maximum absolute atomic E-state index is 14.0. The van der Waals surface area contributed by atoms with E-state index in [4.69, 9.17) is 0 Å². The molecule has 1 aromatic heterocycles. The summed E-state index contributed by atoms with van der Waals surface area (Å²) >= 11 is 1.84. The van der Waals surface area contributed by atoms with E-state index in [1.165, 1.54) is 15.8 Å². The van der Waals surface area contributed by atoms with Gasteiger partial charge in [-0.3, -0.25) is 9.80 Å². The first-order chi connectivity index (χ1) is 13.1. The van der Waals surface area contributed by atoms with E-state index in [0.717, 1.165) is 52.2 Å². The number of anilines is 1. The molecular weight excluding hydrogens is 361 g/mol. The minimum Gasteiger partial charge on any atom is -0.390 e. The minimum atomic E-state index is -0.320. The van der Waals surface area contributed by atoms with Crippen molar-refractivity contribution >= 4 is 17.0 Å². The second-order valence-electron chi connectivity index (χ2n) is 7.65.